The molecule has 0 bridgehead atoms. The number of nitrogens with zero attached hydrogens (tertiary/aromatic N) is 1. The van der Waals surface area contributed by atoms with E-state index in [1.807, 2.05) is 42.6 Å². The molecule has 0 saturated carbocycles. The van der Waals surface area contributed by atoms with Crippen LogP contribution in [0.1, 0.15) is 19.3 Å². The van der Waals surface area contributed by atoms with Crippen LogP contribution in [0.15, 0.2) is 41.3 Å². The SMILES string of the molecule is C=CCCCCSSSSc1nc2ccccc2s1.[Si]. The minimum Gasteiger partial charge on any atom is -0.229 e. The topological polar surface area (TPSA) is 12.9 Å². The normalized spacial score (nSPS) is 10.4. The van der Waals surface area contributed by atoms with Crippen LogP contribution in [0.4, 0.5) is 0 Å². The second-order valence-corrected chi connectivity index (χ2v) is 11.0. The molecule has 2 aromatic rings. The molecule has 0 N–H and O–H groups in total. The number of unbranched alkanes of at least 4 members (excludes halogenated alkanes) is 2. The van der Waals surface area contributed by atoms with Crippen molar-refractivity contribution in [3.8, 4) is 0 Å². The molecule has 0 unspecified atom stereocenters. The van der Waals surface area contributed by atoms with Crippen molar-refractivity contribution >= 4 is 73.8 Å². The summed E-state index contributed by atoms with van der Waals surface area (Å²) >= 11 is 1.77. The lowest BCUT2D eigenvalue weighted by Gasteiger charge is -1.97. The van der Waals surface area contributed by atoms with Crippen LogP contribution < -0.4 is 0 Å². The first kappa shape index (κ1) is 18.5. The fourth-order valence-corrected chi connectivity index (χ4v) is 8.84. The van der Waals surface area contributed by atoms with Crippen LogP contribution in [0.5, 0.6) is 0 Å². The highest BCUT2D eigenvalue weighted by molar-refractivity contribution is 9.26. The average Bonchev–Trinajstić information content (AvgIpc) is 2.84. The maximum absolute atomic E-state index is 4.60. The zero-order chi connectivity index (χ0) is 13.3. The minimum absolute atomic E-state index is 0. The predicted octanol–water partition coefficient (Wildman–Crippen LogP) is 6.31. The highest BCUT2D eigenvalue weighted by Crippen LogP contribution is 2.48. The van der Waals surface area contributed by atoms with Gasteiger partial charge < -0.3 is 0 Å². The minimum atomic E-state index is 0. The van der Waals surface area contributed by atoms with Gasteiger partial charge in [0.1, 0.15) is 0 Å². The predicted molar refractivity (Wildman–Crippen MR) is 103 cm³/mol. The molecule has 0 aliphatic carbocycles. The molecule has 106 valence electrons. The van der Waals surface area contributed by atoms with Crippen molar-refractivity contribution in [3.63, 3.8) is 0 Å². The number of hydrogen-bond donors (Lipinski definition) is 0. The number of hydrogen-bond acceptors (Lipinski definition) is 6. The summed E-state index contributed by atoms with van der Waals surface area (Å²) in [6, 6.07) is 8.30. The van der Waals surface area contributed by atoms with Crippen LogP contribution in [-0.2, 0) is 0 Å². The number of allylic oxidation sites excluding steroid dienone is 1. The zero-order valence-electron chi connectivity index (χ0n) is 10.9. The Morgan fingerprint density at radius 2 is 2.05 bits per heavy atom. The fourth-order valence-electron chi connectivity index (χ4n) is 1.43. The second kappa shape index (κ2) is 11.1. The van der Waals surface area contributed by atoms with E-state index in [1.165, 1.54) is 23.3 Å². The van der Waals surface area contributed by atoms with Crippen molar-refractivity contribution in [2.75, 3.05) is 5.75 Å². The molecule has 2 rings (SSSR count). The molecule has 1 nitrogen and oxygen atoms in total. The van der Waals surface area contributed by atoms with Crippen LogP contribution in [0.25, 0.3) is 10.2 Å². The van der Waals surface area contributed by atoms with Crippen LogP contribution in [0, 0.1) is 0 Å². The van der Waals surface area contributed by atoms with Crippen molar-refractivity contribution in [2.45, 2.75) is 23.6 Å². The van der Waals surface area contributed by atoms with Gasteiger partial charge in [-0.3, -0.25) is 0 Å². The van der Waals surface area contributed by atoms with Crippen molar-refractivity contribution in [1.82, 2.24) is 4.98 Å². The molecule has 0 atom stereocenters. The van der Waals surface area contributed by atoms with Gasteiger partial charge in [-0.05, 0) is 61.8 Å². The lowest BCUT2D eigenvalue weighted by Crippen LogP contribution is -1.75. The Labute approximate surface area is 144 Å². The van der Waals surface area contributed by atoms with Crippen LogP contribution in [0.3, 0.4) is 0 Å². The lowest BCUT2D eigenvalue weighted by molar-refractivity contribution is 0.825. The largest absolute Gasteiger partial charge is 0.229 e. The summed E-state index contributed by atoms with van der Waals surface area (Å²) in [6.45, 7) is 3.73. The van der Waals surface area contributed by atoms with E-state index in [9.17, 15) is 0 Å². The summed E-state index contributed by atoms with van der Waals surface area (Å²) in [4.78, 5) is 4.60. The number of aromatic nitrogens is 1. The molecule has 0 spiro atoms. The highest BCUT2D eigenvalue weighted by atomic mass is 33.7. The highest BCUT2D eigenvalue weighted by Gasteiger charge is 2.04. The van der Waals surface area contributed by atoms with Gasteiger partial charge in [0.2, 0.25) is 0 Å². The fraction of sp³-hybridized carbons (Fsp3) is 0.308. The summed E-state index contributed by atoms with van der Waals surface area (Å²) in [5.74, 6) is 1.21. The maximum Gasteiger partial charge on any atom is 0.162 e. The van der Waals surface area contributed by atoms with Crippen LogP contribution in [0.2, 0.25) is 0 Å². The third kappa shape index (κ3) is 6.49. The van der Waals surface area contributed by atoms with Gasteiger partial charge in [-0.2, -0.15) is 0 Å². The van der Waals surface area contributed by atoms with Gasteiger partial charge in [-0.1, -0.05) is 29.0 Å². The summed E-state index contributed by atoms with van der Waals surface area (Å²) < 4.78 is 2.42. The quantitative estimate of drug-likeness (QED) is 0.220. The van der Waals surface area contributed by atoms with Crippen molar-refractivity contribution in [3.05, 3.63) is 36.9 Å². The number of benzene rings is 1. The van der Waals surface area contributed by atoms with E-state index in [-0.39, 0.29) is 11.0 Å². The Bertz CT molecular complexity index is 483. The Morgan fingerprint density at radius 1 is 1.20 bits per heavy atom. The maximum atomic E-state index is 4.60. The van der Waals surface area contributed by atoms with Gasteiger partial charge in [0.25, 0.3) is 0 Å². The van der Waals surface area contributed by atoms with E-state index >= 15 is 0 Å². The number of fused-ring (bicyclic) bond motifs is 1. The molecule has 1 aromatic heterocycles. The zero-order valence-corrected chi connectivity index (χ0v) is 16.0. The summed E-state index contributed by atoms with van der Waals surface area (Å²) in [5.41, 5.74) is 1.11. The molecular weight excluding hydrogens is 359 g/mol. The van der Waals surface area contributed by atoms with Crippen molar-refractivity contribution in [1.29, 1.82) is 0 Å². The van der Waals surface area contributed by atoms with E-state index in [1.54, 1.807) is 22.1 Å². The summed E-state index contributed by atoms with van der Waals surface area (Å²) in [7, 11) is 7.36. The first-order valence-corrected chi connectivity index (χ1v) is 11.8. The molecule has 0 aliphatic rings. The summed E-state index contributed by atoms with van der Waals surface area (Å²) in [6.07, 6.45) is 5.66. The molecule has 20 heavy (non-hydrogen) atoms. The molecule has 1 heterocycles. The molecule has 0 aliphatic heterocycles. The standard InChI is InChI=1S/C13H15NS5.Si/c1-2-3-4-7-10-15-18-19-17-13-14-11-8-5-6-9-12(11)16-13;/h2,5-6,8-9H,1,3-4,7,10H2;. The molecule has 0 saturated heterocycles. The van der Waals surface area contributed by atoms with Gasteiger partial charge in [-0.25, -0.2) is 4.98 Å². The Hall–Kier alpha value is 0.467. The smallest absolute Gasteiger partial charge is 0.162 e. The van der Waals surface area contributed by atoms with Gasteiger partial charge in [0.05, 0.1) is 10.2 Å². The number of thiazole rings is 1. The monoisotopic (exact) mass is 373 g/mol. The molecule has 0 fully saturated rings. The van der Waals surface area contributed by atoms with Gasteiger partial charge in [-0.15, -0.1) is 17.9 Å². The van der Waals surface area contributed by atoms with Gasteiger partial charge in [0.15, 0.2) is 4.34 Å². The number of para-hydroxylation sites is 1. The van der Waals surface area contributed by atoms with E-state index in [0.29, 0.717) is 0 Å². The molecule has 1 aromatic carbocycles. The van der Waals surface area contributed by atoms with Gasteiger partial charge in [0, 0.05) is 16.7 Å². The van der Waals surface area contributed by atoms with Crippen molar-refractivity contribution < 1.29 is 0 Å². The van der Waals surface area contributed by atoms with Crippen LogP contribution >= 0.6 is 52.6 Å². The average molecular weight is 374 g/mol. The Balaban J connectivity index is 0.00000200. The Kier molecular flexibility index (Phi) is 10.3. The van der Waals surface area contributed by atoms with Crippen LogP contribution in [-0.4, -0.2) is 21.7 Å². The van der Waals surface area contributed by atoms with E-state index < -0.39 is 0 Å². The summed E-state index contributed by atoms with van der Waals surface area (Å²) in [5, 5.41) is 0. The lowest BCUT2D eigenvalue weighted by atomic mass is 10.2. The molecule has 7 heteroatoms. The molecular formula is C13H15NS5Si. The molecule has 0 amide bonds. The van der Waals surface area contributed by atoms with E-state index in [4.69, 9.17) is 0 Å². The first-order valence-electron chi connectivity index (χ1n) is 5.99. The number of rotatable bonds is 9. The first-order chi connectivity index (χ1) is 9.40. The Morgan fingerprint density at radius 3 is 2.85 bits per heavy atom. The van der Waals surface area contributed by atoms with Crippen molar-refractivity contribution in [2.24, 2.45) is 0 Å². The third-order valence-electron chi connectivity index (χ3n) is 2.34. The third-order valence-corrected chi connectivity index (χ3v) is 10.0. The van der Waals surface area contributed by atoms with Gasteiger partial charge >= 0.3 is 0 Å². The second-order valence-electron chi connectivity index (χ2n) is 3.77. The molecule has 4 radical (unpaired) electrons. The van der Waals surface area contributed by atoms with E-state index in [2.05, 4.69) is 29.8 Å². The van der Waals surface area contributed by atoms with E-state index in [0.717, 1.165) is 16.3 Å².